The fourth-order valence-corrected chi connectivity index (χ4v) is 5.94. The Morgan fingerprint density at radius 1 is 1.06 bits per heavy atom. The van der Waals surface area contributed by atoms with Crippen LogP contribution in [0, 0.1) is 11.3 Å². The summed E-state index contributed by atoms with van der Waals surface area (Å²) in [7, 11) is 0. The lowest BCUT2D eigenvalue weighted by Crippen LogP contribution is -2.45. The highest BCUT2D eigenvalue weighted by Crippen LogP contribution is 2.47. The van der Waals surface area contributed by atoms with Gasteiger partial charge in [0, 0.05) is 29.1 Å². The number of nitrogens with zero attached hydrogens (tertiary/aromatic N) is 1. The van der Waals surface area contributed by atoms with Crippen LogP contribution in [0.5, 0.6) is 5.75 Å². The molecule has 3 aliphatic carbocycles. The first-order valence-electron chi connectivity index (χ1n) is 12.0. The van der Waals surface area contributed by atoms with Crippen LogP contribution in [0.2, 0.25) is 0 Å². The average molecular weight is 436 g/mol. The number of anilines is 2. The lowest BCUT2D eigenvalue weighted by Gasteiger charge is -2.47. The largest absolute Gasteiger partial charge is 0.446 e. The zero-order chi connectivity index (χ0) is 22.2. The average Bonchev–Trinajstić information content (AvgIpc) is 2.86. The van der Waals surface area contributed by atoms with Gasteiger partial charge in [-0.1, -0.05) is 54.6 Å². The Bertz CT molecular complexity index is 1190. The van der Waals surface area contributed by atoms with Gasteiger partial charge in [0.2, 0.25) is 0 Å². The summed E-state index contributed by atoms with van der Waals surface area (Å²) in [6.07, 6.45) is 19.7. The minimum atomic E-state index is 0.218. The van der Waals surface area contributed by atoms with Crippen LogP contribution in [-0.4, -0.2) is 18.5 Å². The molecular weight excluding hydrogens is 406 g/mol. The molecule has 0 radical (unpaired) electrons. The molecule has 2 aromatic carbocycles. The lowest BCUT2D eigenvalue weighted by atomic mass is 9.75. The molecular formula is C29H29N3O. The van der Waals surface area contributed by atoms with E-state index in [9.17, 15) is 0 Å². The molecule has 0 saturated heterocycles. The van der Waals surface area contributed by atoms with Crippen molar-refractivity contribution in [3.05, 3.63) is 102 Å². The van der Waals surface area contributed by atoms with Crippen LogP contribution in [0.1, 0.15) is 37.2 Å². The van der Waals surface area contributed by atoms with E-state index in [1.165, 1.54) is 35.4 Å². The second-order valence-corrected chi connectivity index (χ2v) is 9.36. The van der Waals surface area contributed by atoms with Gasteiger partial charge in [-0.25, -0.2) is 0 Å². The van der Waals surface area contributed by atoms with Crippen molar-refractivity contribution in [3.63, 3.8) is 0 Å². The van der Waals surface area contributed by atoms with E-state index in [1.54, 1.807) is 0 Å². The van der Waals surface area contributed by atoms with E-state index in [-0.39, 0.29) is 6.04 Å². The quantitative estimate of drug-likeness (QED) is 0.317. The Balaban J connectivity index is 1.32. The molecule has 1 aliphatic heterocycles. The first kappa shape index (κ1) is 20.1. The van der Waals surface area contributed by atoms with Gasteiger partial charge < -0.3 is 15.0 Å². The third kappa shape index (κ3) is 3.70. The predicted octanol–water partition coefficient (Wildman–Crippen LogP) is 6.57. The standard InChI is InChI=1S/C29H29N3O/c30-19-33-25-9-5-8-22(17-25)31-28-15-14-24-18-27(28)26-10-3-4-11-29(26)32(24)23-13-12-20-6-1-2-7-21(20)16-23/h1,3-6,8-15,17,19,21,24,27-28,30-31H,2,7,16,18H2. The number of hydrogen-bond acceptors (Lipinski definition) is 4. The summed E-state index contributed by atoms with van der Waals surface area (Å²) in [5, 5.41) is 10.9. The summed E-state index contributed by atoms with van der Waals surface area (Å²) in [4.78, 5) is 2.60. The minimum Gasteiger partial charge on any atom is -0.446 e. The maximum atomic E-state index is 7.19. The Morgan fingerprint density at radius 3 is 2.94 bits per heavy atom. The topological polar surface area (TPSA) is 48.4 Å². The summed E-state index contributed by atoms with van der Waals surface area (Å²) < 4.78 is 5.25. The fourth-order valence-electron chi connectivity index (χ4n) is 5.94. The number of nitrogens with one attached hydrogen (secondary N) is 2. The maximum absolute atomic E-state index is 7.19. The maximum Gasteiger partial charge on any atom is 0.173 e. The number of fused-ring (bicyclic) bond motifs is 5. The third-order valence-electron chi connectivity index (χ3n) is 7.46. The highest BCUT2D eigenvalue weighted by molar-refractivity contribution is 5.66. The Hall–Kier alpha value is -3.53. The molecule has 4 nitrogen and oxygen atoms in total. The second kappa shape index (κ2) is 8.43. The molecule has 33 heavy (non-hydrogen) atoms. The van der Waals surface area contributed by atoms with Gasteiger partial charge in [-0.3, -0.25) is 5.41 Å². The summed E-state index contributed by atoms with van der Waals surface area (Å²) >= 11 is 0. The number of ether oxygens (including phenoxy) is 1. The molecule has 0 amide bonds. The summed E-state index contributed by atoms with van der Waals surface area (Å²) in [6, 6.07) is 17.4. The zero-order valence-corrected chi connectivity index (χ0v) is 18.7. The molecule has 6 rings (SSSR count). The number of hydrogen-bond donors (Lipinski definition) is 2. The van der Waals surface area contributed by atoms with Crippen molar-refractivity contribution in [2.24, 2.45) is 5.92 Å². The smallest absolute Gasteiger partial charge is 0.173 e. The van der Waals surface area contributed by atoms with Crippen molar-refractivity contribution in [1.82, 2.24) is 0 Å². The van der Waals surface area contributed by atoms with Crippen LogP contribution >= 0.6 is 0 Å². The normalized spacial score (nSPS) is 27.1. The molecule has 4 atom stereocenters. The SMILES string of the molecule is N=COc1cccc(NC2C=CC3CC2c2ccccc2N3C2=CC=C3C=CCCC3C2)c1. The van der Waals surface area contributed by atoms with Crippen LogP contribution in [0.3, 0.4) is 0 Å². The van der Waals surface area contributed by atoms with Crippen molar-refractivity contribution in [2.45, 2.75) is 43.7 Å². The van der Waals surface area contributed by atoms with Crippen molar-refractivity contribution in [2.75, 3.05) is 10.2 Å². The van der Waals surface area contributed by atoms with Gasteiger partial charge in [-0.15, -0.1) is 0 Å². The highest BCUT2D eigenvalue weighted by atomic mass is 16.5. The van der Waals surface area contributed by atoms with E-state index in [4.69, 9.17) is 10.1 Å². The molecule has 4 unspecified atom stereocenters. The van der Waals surface area contributed by atoms with Crippen LogP contribution in [-0.2, 0) is 0 Å². The van der Waals surface area contributed by atoms with Crippen LogP contribution in [0.15, 0.2) is 96.3 Å². The summed E-state index contributed by atoms with van der Waals surface area (Å²) in [6.45, 7) is 0. The zero-order valence-electron chi connectivity index (χ0n) is 18.7. The van der Waals surface area contributed by atoms with Crippen molar-refractivity contribution >= 4 is 17.8 Å². The fraction of sp³-hybridized carbons (Fsp3) is 0.276. The number of rotatable bonds is 5. The minimum absolute atomic E-state index is 0.218. The van der Waals surface area contributed by atoms with Crippen molar-refractivity contribution < 1.29 is 4.74 Å². The monoisotopic (exact) mass is 435 g/mol. The van der Waals surface area contributed by atoms with Gasteiger partial charge in [0.25, 0.3) is 0 Å². The van der Waals surface area contributed by atoms with E-state index in [0.717, 1.165) is 24.9 Å². The number of benzene rings is 2. The molecule has 2 aromatic rings. The molecule has 4 aliphatic rings. The summed E-state index contributed by atoms with van der Waals surface area (Å²) in [5.41, 5.74) is 6.72. The predicted molar refractivity (Wildman–Crippen MR) is 135 cm³/mol. The molecule has 0 fully saturated rings. The van der Waals surface area contributed by atoms with Crippen molar-refractivity contribution in [3.8, 4) is 5.75 Å². The van der Waals surface area contributed by atoms with Crippen LogP contribution in [0.4, 0.5) is 11.4 Å². The van der Waals surface area contributed by atoms with E-state index in [2.05, 4.69) is 77.0 Å². The highest BCUT2D eigenvalue weighted by Gasteiger charge is 2.39. The number of para-hydroxylation sites is 1. The molecule has 2 N–H and O–H groups in total. The molecule has 2 bridgehead atoms. The van der Waals surface area contributed by atoms with Gasteiger partial charge in [-0.2, -0.15) is 0 Å². The molecule has 1 heterocycles. The van der Waals surface area contributed by atoms with E-state index in [1.807, 2.05) is 18.2 Å². The van der Waals surface area contributed by atoms with Gasteiger partial charge in [0.05, 0.1) is 12.1 Å². The van der Waals surface area contributed by atoms with E-state index < -0.39 is 0 Å². The van der Waals surface area contributed by atoms with Gasteiger partial charge in [0.15, 0.2) is 6.40 Å². The second-order valence-electron chi connectivity index (χ2n) is 9.36. The van der Waals surface area contributed by atoms with E-state index >= 15 is 0 Å². The third-order valence-corrected chi connectivity index (χ3v) is 7.46. The molecule has 0 aromatic heterocycles. The summed E-state index contributed by atoms with van der Waals surface area (Å²) in [5.74, 6) is 1.74. The van der Waals surface area contributed by atoms with Crippen LogP contribution in [0.25, 0.3) is 0 Å². The lowest BCUT2D eigenvalue weighted by molar-refractivity contribution is 0.472. The first-order chi connectivity index (χ1) is 16.3. The molecule has 0 saturated carbocycles. The first-order valence-corrected chi connectivity index (χ1v) is 12.0. The Kier molecular flexibility index (Phi) is 5.14. The van der Waals surface area contributed by atoms with Crippen molar-refractivity contribution in [1.29, 1.82) is 5.41 Å². The number of allylic oxidation sites excluding steroid dienone is 6. The van der Waals surface area contributed by atoms with E-state index in [0.29, 0.717) is 23.6 Å². The molecule has 166 valence electrons. The Labute approximate surface area is 195 Å². The van der Waals surface area contributed by atoms with Gasteiger partial charge in [-0.05, 0) is 67.0 Å². The van der Waals surface area contributed by atoms with Gasteiger partial charge >= 0.3 is 0 Å². The van der Waals surface area contributed by atoms with Gasteiger partial charge in [0.1, 0.15) is 5.75 Å². The van der Waals surface area contributed by atoms with Crippen LogP contribution < -0.4 is 15.0 Å². The molecule has 0 spiro atoms. The Morgan fingerprint density at radius 2 is 2.00 bits per heavy atom. The molecule has 4 heteroatoms.